The molecule has 2 aromatic rings. The van der Waals surface area contributed by atoms with E-state index in [4.69, 9.17) is 15.9 Å². The quantitative estimate of drug-likeness (QED) is 0.295. The van der Waals surface area contributed by atoms with E-state index in [2.05, 4.69) is 15.3 Å². The van der Waals surface area contributed by atoms with E-state index in [0.29, 0.717) is 33.9 Å². The summed E-state index contributed by atoms with van der Waals surface area (Å²) in [5.74, 6) is 1.14. The molecule has 0 radical (unpaired) electrons. The lowest BCUT2D eigenvalue weighted by molar-refractivity contribution is -0.403. The Morgan fingerprint density at radius 3 is 3.04 bits per heavy atom. The molecule has 0 spiro atoms. The molecule has 0 saturated heterocycles. The number of thiazole rings is 1. The Balaban J connectivity index is 2.04. The van der Waals surface area contributed by atoms with E-state index in [1.54, 1.807) is 23.8 Å². The fraction of sp³-hybridized carbons (Fsp3) is 0.167. The third-order valence-electron chi connectivity index (χ3n) is 2.51. The Morgan fingerprint density at radius 1 is 1.61 bits per heavy atom. The number of aromatic nitrogens is 1. The van der Waals surface area contributed by atoms with Crippen molar-refractivity contribution in [2.24, 2.45) is 16.5 Å². The molecule has 5 N–H and O–H groups in total. The highest BCUT2D eigenvalue weighted by molar-refractivity contribution is 8.02. The minimum atomic E-state index is -0.507. The lowest BCUT2D eigenvalue weighted by Crippen LogP contribution is -2.21. The van der Waals surface area contributed by atoms with Crippen LogP contribution in [0.15, 0.2) is 38.2 Å². The Kier molecular flexibility index (Phi) is 5.60. The van der Waals surface area contributed by atoms with E-state index < -0.39 is 4.92 Å². The summed E-state index contributed by atoms with van der Waals surface area (Å²) in [6.45, 7) is 0.325. The lowest BCUT2D eigenvalue weighted by atomic mass is 10.3. The first kappa shape index (κ1) is 16.8. The number of thioether (sulfide) groups is 1. The molecule has 23 heavy (non-hydrogen) atoms. The number of hydrogen-bond donors (Lipinski definition) is 3. The van der Waals surface area contributed by atoms with Crippen LogP contribution in [0.3, 0.4) is 0 Å². The SMILES string of the molecule is CS/C(=C\[N+](=O)[O-])NCc1ccc(-c2csc(N=C(N)N)n2)o1. The van der Waals surface area contributed by atoms with Crippen LogP contribution in [0.5, 0.6) is 0 Å². The first-order valence-corrected chi connectivity index (χ1v) is 8.36. The molecule has 9 nitrogen and oxygen atoms in total. The lowest BCUT2D eigenvalue weighted by Gasteiger charge is -2.03. The number of nitrogens with one attached hydrogen (secondary N) is 1. The van der Waals surface area contributed by atoms with Crippen LogP contribution in [0.25, 0.3) is 11.5 Å². The average molecular weight is 354 g/mol. The maximum atomic E-state index is 10.5. The molecule has 0 aromatic carbocycles. The van der Waals surface area contributed by atoms with Crippen molar-refractivity contribution in [2.45, 2.75) is 6.54 Å². The van der Waals surface area contributed by atoms with Gasteiger partial charge in [-0.25, -0.2) is 4.98 Å². The van der Waals surface area contributed by atoms with Gasteiger partial charge < -0.3 is 21.2 Å². The highest BCUT2D eigenvalue weighted by Crippen LogP contribution is 2.28. The van der Waals surface area contributed by atoms with Crippen LogP contribution in [0, 0.1) is 10.1 Å². The predicted molar refractivity (Wildman–Crippen MR) is 90.7 cm³/mol. The largest absolute Gasteiger partial charge is 0.458 e. The number of nitrogens with zero attached hydrogens (tertiary/aromatic N) is 3. The topological polar surface area (TPSA) is 146 Å². The fourth-order valence-corrected chi connectivity index (χ4v) is 2.69. The second-order valence-electron chi connectivity index (χ2n) is 4.15. The van der Waals surface area contributed by atoms with Crippen LogP contribution in [0.1, 0.15) is 5.76 Å². The molecule has 0 aliphatic carbocycles. The van der Waals surface area contributed by atoms with Gasteiger partial charge in [0.25, 0.3) is 6.20 Å². The summed E-state index contributed by atoms with van der Waals surface area (Å²) >= 11 is 2.54. The maximum Gasteiger partial charge on any atom is 0.263 e. The number of furan rings is 1. The number of rotatable bonds is 7. The van der Waals surface area contributed by atoms with Crippen molar-refractivity contribution in [3.05, 3.63) is 44.6 Å². The highest BCUT2D eigenvalue weighted by Gasteiger charge is 2.10. The van der Waals surface area contributed by atoms with Gasteiger partial charge in [0, 0.05) is 5.38 Å². The molecule has 122 valence electrons. The maximum absolute atomic E-state index is 10.5. The number of aliphatic imine (C=N–C) groups is 1. The van der Waals surface area contributed by atoms with Crippen molar-refractivity contribution in [3.8, 4) is 11.5 Å². The molecule has 0 atom stereocenters. The smallest absolute Gasteiger partial charge is 0.263 e. The zero-order chi connectivity index (χ0) is 16.8. The summed E-state index contributed by atoms with van der Waals surface area (Å²) in [6.07, 6.45) is 2.66. The van der Waals surface area contributed by atoms with Crippen molar-refractivity contribution in [3.63, 3.8) is 0 Å². The fourth-order valence-electron chi connectivity index (χ4n) is 1.59. The number of nitro groups is 1. The van der Waals surface area contributed by atoms with Gasteiger partial charge in [0.1, 0.15) is 16.5 Å². The Morgan fingerprint density at radius 2 is 2.39 bits per heavy atom. The molecular formula is C12H14N6O3S2. The molecule has 0 unspecified atom stereocenters. The summed E-state index contributed by atoms with van der Waals surface area (Å²) in [7, 11) is 0. The van der Waals surface area contributed by atoms with Crippen molar-refractivity contribution in [1.82, 2.24) is 10.3 Å². The monoisotopic (exact) mass is 354 g/mol. The molecular weight excluding hydrogens is 340 g/mol. The van der Waals surface area contributed by atoms with Gasteiger partial charge in [-0.15, -0.1) is 23.1 Å². The second-order valence-corrected chi connectivity index (χ2v) is 5.84. The van der Waals surface area contributed by atoms with Gasteiger partial charge in [0.2, 0.25) is 5.13 Å². The number of guanidine groups is 1. The number of hydrogen-bond acceptors (Lipinski definition) is 8. The van der Waals surface area contributed by atoms with Crippen molar-refractivity contribution < 1.29 is 9.34 Å². The van der Waals surface area contributed by atoms with Gasteiger partial charge in [-0.3, -0.25) is 10.1 Å². The second kappa shape index (κ2) is 7.65. The van der Waals surface area contributed by atoms with Crippen LogP contribution in [0.4, 0.5) is 5.13 Å². The van der Waals surface area contributed by atoms with E-state index >= 15 is 0 Å². The average Bonchev–Trinajstić information content (AvgIpc) is 3.11. The van der Waals surface area contributed by atoms with E-state index in [9.17, 15) is 10.1 Å². The van der Waals surface area contributed by atoms with E-state index in [-0.39, 0.29) is 5.96 Å². The molecule has 0 bridgehead atoms. The van der Waals surface area contributed by atoms with E-state index in [1.165, 1.54) is 23.1 Å². The van der Waals surface area contributed by atoms with Gasteiger partial charge in [-0.05, 0) is 18.4 Å². The molecule has 2 rings (SSSR count). The molecule has 0 aliphatic heterocycles. The standard InChI is InChI=1S/C12H14N6O3S2/c1-22-10(5-18(19)20)15-4-7-2-3-9(21-7)8-6-23-12(16-8)17-11(13)14/h2-3,5-6,15H,4H2,1H3,(H4,13,14,16,17)/b10-5-. The minimum absolute atomic E-state index is 0.0580. The summed E-state index contributed by atoms with van der Waals surface area (Å²) < 4.78 is 5.65. The van der Waals surface area contributed by atoms with Gasteiger partial charge in [0.05, 0.1) is 11.5 Å². The molecule has 2 heterocycles. The summed E-state index contributed by atoms with van der Waals surface area (Å²) in [5, 5.41) is 16.1. The van der Waals surface area contributed by atoms with E-state index in [1.807, 2.05) is 0 Å². The normalized spacial score (nSPS) is 11.3. The van der Waals surface area contributed by atoms with E-state index in [0.717, 1.165) is 6.20 Å². The van der Waals surface area contributed by atoms with Crippen molar-refractivity contribution in [2.75, 3.05) is 6.26 Å². The molecule has 0 amide bonds. The van der Waals surface area contributed by atoms with Gasteiger partial charge >= 0.3 is 0 Å². The summed E-state index contributed by atoms with van der Waals surface area (Å²) in [5.41, 5.74) is 11.2. The molecule has 0 saturated carbocycles. The highest BCUT2D eigenvalue weighted by atomic mass is 32.2. The van der Waals surface area contributed by atoms with Crippen LogP contribution in [-0.2, 0) is 6.54 Å². The molecule has 0 fully saturated rings. The first-order chi connectivity index (χ1) is 11.0. The van der Waals surface area contributed by atoms with Crippen LogP contribution < -0.4 is 16.8 Å². The third kappa shape index (κ3) is 5.00. The molecule has 0 aliphatic rings. The Bertz CT molecular complexity index is 748. The van der Waals surface area contributed by atoms with Crippen LogP contribution in [0.2, 0.25) is 0 Å². The zero-order valence-electron chi connectivity index (χ0n) is 12.1. The molecule has 11 heteroatoms. The summed E-state index contributed by atoms with van der Waals surface area (Å²) in [4.78, 5) is 18.1. The van der Waals surface area contributed by atoms with Gasteiger partial charge in [-0.1, -0.05) is 0 Å². The zero-order valence-corrected chi connectivity index (χ0v) is 13.7. The van der Waals surface area contributed by atoms with Gasteiger partial charge in [-0.2, -0.15) is 4.99 Å². The van der Waals surface area contributed by atoms with Crippen LogP contribution >= 0.6 is 23.1 Å². The predicted octanol–water partition coefficient (Wildman–Crippen LogP) is 1.84. The first-order valence-electron chi connectivity index (χ1n) is 6.25. The Hall–Kier alpha value is -2.53. The Labute approximate surface area is 139 Å². The van der Waals surface area contributed by atoms with Crippen molar-refractivity contribution in [1.29, 1.82) is 0 Å². The minimum Gasteiger partial charge on any atom is -0.458 e. The third-order valence-corrected chi connectivity index (χ3v) is 3.93. The number of nitrogens with two attached hydrogens (primary N) is 2. The van der Waals surface area contributed by atoms with Crippen molar-refractivity contribution >= 4 is 34.2 Å². The van der Waals surface area contributed by atoms with Crippen LogP contribution in [-0.4, -0.2) is 22.1 Å². The summed E-state index contributed by atoms with van der Waals surface area (Å²) in [6, 6.07) is 3.54. The van der Waals surface area contributed by atoms with Gasteiger partial charge in [0.15, 0.2) is 11.7 Å². The molecule has 2 aromatic heterocycles.